The lowest BCUT2D eigenvalue weighted by molar-refractivity contribution is 0.306. The van der Waals surface area contributed by atoms with E-state index in [9.17, 15) is 0 Å². The van der Waals surface area contributed by atoms with Gasteiger partial charge in [-0.15, -0.1) is 10.2 Å². The van der Waals surface area contributed by atoms with Crippen molar-refractivity contribution in [3.8, 4) is 17.2 Å². The molecule has 0 atom stereocenters. The Bertz CT molecular complexity index is 771. The summed E-state index contributed by atoms with van der Waals surface area (Å²) < 4.78 is 11.4. The molecular formula is C20H22N2O2. The summed E-state index contributed by atoms with van der Waals surface area (Å²) in [5.41, 5.74) is 2.37. The van der Waals surface area contributed by atoms with Crippen molar-refractivity contribution >= 4 is 0 Å². The van der Waals surface area contributed by atoms with Crippen molar-refractivity contribution in [2.24, 2.45) is 0 Å². The second-order valence-corrected chi connectivity index (χ2v) is 6.74. The van der Waals surface area contributed by atoms with Gasteiger partial charge in [0.1, 0.15) is 5.75 Å². The smallest absolute Gasteiger partial charge is 0.247 e. The van der Waals surface area contributed by atoms with Crippen molar-refractivity contribution < 1.29 is 9.15 Å². The highest BCUT2D eigenvalue weighted by molar-refractivity contribution is 5.51. The Kier molecular flexibility index (Phi) is 4.65. The molecule has 3 aromatic rings. The lowest BCUT2D eigenvalue weighted by atomic mass is 9.87. The largest absolute Gasteiger partial charge is 0.493 e. The van der Waals surface area contributed by atoms with E-state index in [0.29, 0.717) is 24.8 Å². The molecular weight excluding hydrogens is 300 g/mol. The molecule has 1 aromatic heterocycles. The number of hydrogen-bond donors (Lipinski definition) is 0. The minimum Gasteiger partial charge on any atom is -0.493 e. The second-order valence-electron chi connectivity index (χ2n) is 6.74. The number of nitrogens with zero attached hydrogens (tertiary/aromatic N) is 2. The van der Waals surface area contributed by atoms with Crippen LogP contribution in [0, 0.1) is 0 Å². The number of ether oxygens (including phenoxy) is 1. The molecule has 0 aliphatic heterocycles. The third-order valence-corrected chi connectivity index (χ3v) is 3.79. The maximum absolute atomic E-state index is 5.76. The molecule has 0 unspecified atom stereocenters. The van der Waals surface area contributed by atoms with Gasteiger partial charge >= 0.3 is 0 Å². The first-order valence-electron chi connectivity index (χ1n) is 8.13. The fraction of sp³-hybridized carbons (Fsp3) is 0.300. The maximum Gasteiger partial charge on any atom is 0.247 e. The molecule has 0 bridgehead atoms. The minimum atomic E-state index is 0.149. The molecule has 0 aliphatic carbocycles. The van der Waals surface area contributed by atoms with E-state index in [1.807, 2.05) is 42.5 Å². The molecule has 1 heterocycles. The quantitative estimate of drug-likeness (QED) is 0.685. The molecule has 0 N–H and O–H groups in total. The minimum absolute atomic E-state index is 0.149. The lowest BCUT2D eigenvalue weighted by Crippen LogP contribution is -2.10. The third-order valence-electron chi connectivity index (χ3n) is 3.79. The van der Waals surface area contributed by atoms with Crippen LogP contribution < -0.4 is 4.74 Å². The summed E-state index contributed by atoms with van der Waals surface area (Å²) in [7, 11) is 0. The van der Waals surface area contributed by atoms with E-state index in [1.165, 1.54) is 5.56 Å². The first kappa shape index (κ1) is 16.2. The molecule has 2 aromatic carbocycles. The molecule has 124 valence electrons. The summed E-state index contributed by atoms with van der Waals surface area (Å²) in [5, 5.41) is 8.15. The van der Waals surface area contributed by atoms with Gasteiger partial charge in [-0.2, -0.15) is 0 Å². The van der Waals surface area contributed by atoms with Crippen LogP contribution in [-0.2, 0) is 11.8 Å². The van der Waals surface area contributed by atoms with Crippen LogP contribution in [0.2, 0.25) is 0 Å². The van der Waals surface area contributed by atoms with E-state index in [4.69, 9.17) is 9.15 Å². The predicted molar refractivity (Wildman–Crippen MR) is 94.1 cm³/mol. The molecule has 4 heteroatoms. The molecule has 24 heavy (non-hydrogen) atoms. The summed E-state index contributed by atoms with van der Waals surface area (Å²) in [5.74, 6) is 1.98. The fourth-order valence-electron chi connectivity index (χ4n) is 2.36. The van der Waals surface area contributed by atoms with Crippen molar-refractivity contribution in [2.45, 2.75) is 32.6 Å². The number of hydrogen-bond acceptors (Lipinski definition) is 4. The van der Waals surface area contributed by atoms with E-state index in [1.54, 1.807) is 0 Å². The summed E-state index contributed by atoms with van der Waals surface area (Å²) >= 11 is 0. The normalized spacial score (nSPS) is 11.5. The zero-order chi connectivity index (χ0) is 17.0. The van der Waals surface area contributed by atoms with Gasteiger partial charge < -0.3 is 9.15 Å². The molecule has 3 rings (SSSR count). The zero-order valence-electron chi connectivity index (χ0n) is 14.3. The highest BCUT2D eigenvalue weighted by atomic mass is 16.5. The van der Waals surface area contributed by atoms with Crippen LogP contribution in [0.25, 0.3) is 11.5 Å². The number of rotatable bonds is 5. The van der Waals surface area contributed by atoms with Gasteiger partial charge in [0.25, 0.3) is 0 Å². The monoisotopic (exact) mass is 322 g/mol. The SMILES string of the molecule is CC(C)(C)c1ccc(OCCc2nnc(-c3ccccc3)o2)cc1. The van der Waals surface area contributed by atoms with E-state index in [0.717, 1.165) is 11.3 Å². The highest BCUT2D eigenvalue weighted by Gasteiger charge is 2.13. The summed E-state index contributed by atoms with van der Waals surface area (Å²) in [6.07, 6.45) is 0.584. The van der Waals surface area contributed by atoms with Gasteiger partial charge in [-0.05, 0) is 35.2 Å². The van der Waals surface area contributed by atoms with E-state index < -0.39 is 0 Å². The van der Waals surface area contributed by atoms with Crippen LogP contribution in [0.1, 0.15) is 32.2 Å². The van der Waals surface area contributed by atoms with E-state index >= 15 is 0 Å². The average Bonchev–Trinajstić information content (AvgIpc) is 3.04. The highest BCUT2D eigenvalue weighted by Crippen LogP contribution is 2.24. The standard InChI is InChI=1S/C20H22N2O2/c1-20(2,3)16-9-11-17(12-10-16)23-14-13-18-21-22-19(24-18)15-7-5-4-6-8-15/h4-12H,13-14H2,1-3H3. The third kappa shape index (κ3) is 4.02. The molecule has 0 amide bonds. The van der Waals surface area contributed by atoms with Gasteiger partial charge in [-0.3, -0.25) is 0 Å². The molecule has 0 saturated heterocycles. The first-order valence-corrected chi connectivity index (χ1v) is 8.13. The topological polar surface area (TPSA) is 48.2 Å². The molecule has 0 fully saturated rings. The summed E-state index contributed by atoms with van der Waals surface area (Å²) in [6.45, 7) is 7.10. The lowest BCUT2D eigenvalue weighted by Gasteiger charge is -2.19. The second kappa shape index (κ2) is 6.87. The van der Waals surface area contributed by atoms with Crippen molar-refractivity contribution in [2.75, 3.05) is 6.61 Å². The Balaban J connectivity index is 1.54. The van der Waals surface area contributed by atoms with Crippen molar-refractivity contribution in [3.05, 3.63) is 66.1 Å². The van der Waals surface area contributed by atoms with Crippen molar-refractivity contribution in [1.29, 1.82) is 0 Å². The fourth-order valence-corrected chi connectivity index (χ4v) is 2.36. The van der Waals surface area contributed by atoms with Crippen LogP contribution in [-0.4, -0.2) is 16.8 Å². The Morgan fingerprint density at radius 1 is 0.917 bits per heavy atom. The Hall–Kier alpha value is -2.62. The Morgan fingerprint density at radius 3 is 2.29 bits per heavy atom. The Labute approximate surface area is 142 Å². The Morgan fingerprint density at radius 2 is 1.62 bits per heavy atom. The van der Waals surface area contributed by atoms with Crippen LogP contribution in [0.15, 0.2) is 59.0 Å². The van der Waals surface area contributed by atoms with Crippen molar-refractivity contribution in [1.82, 2.24) is 10.2 Å². The van der Waals surface area contributed by atoms with Gasteiger partial charge in [0.15, 0.2) is 0 Å². The van der Waals surface area contributed by atoms with Gasteiger partial charge in [-0.25, -0.2) is 0 Å². The molecule has 0 radical (unpaired) electrons. The summed E-state index contributed by atoms with van der Waals surface area (Å²) in [4.78, 5) is 0. The van der Waals surface area contributed by atoms with Crippen LogP contribution in [0.5, 0.6) is 5.75 Å². The van der Waals surface area contributed by atoms with Gasteiger partial charge in [0, 0.05) is 5.56 Å². The van der Waals surface area contributed by atoms with E-state index in [2.05, 4.69) is 43.1 Å². The van der Waals surface area contributed by atoms with Gasteiger partial charge in [-0.1, -0.05) is 51.1 Å². The molecule has 4 nitrogen and oxygen atoms in total. The van der Waals surface area contributed by atoms with Crippen LogP contribution in [0.4, 0.5) is 0 Å². The van der Waals surface area contributed by atoms with Crippen LogP contribution >= 0.6 is 0 Å². The average molecular weight is 322 g/mol. The van der Waals surface area contributed by atoms with Crippen LogP contribution in [0.3, 0.4) is 0 Å². The molecule has 0 spiro atoms. The predicted octanol–water partition coefficient (Wildman–Crippen LogP) is 4.66. The van der Waals surface area contributed by atoms with Crippen molar-refractivity contribution in [3.63, 3.8) is 0 Å². The molecule has 0 saturated carbocycles. The van der Waals surface area contributed by atoms with Gasteiger partial charge in [0.05, 0.1) is 13.0 Å². The summed E-state index contributed by atoms with van der Waals surface area (Å²) in [6, 6.07) is 18.0. The zero-order valence-corrected chi connectivity index (χ0v) is 14.3. The number of aromatic nitrogens is 2. The maximum atomic E-state index is 5.76. The van der Waals surface area contributed by atoms with Gasteiger partial charge in [0.2, 0.25) is 11.8 Å². The molecule has 0 aliphatic rings. The first-order chi connectivity index (χ1) is 11.5. The van der Waals surface area contributed by atoms with E-state index in [-0.39, 0.29) is 5.41 Å². The number of benzene rings is 2.